The first-order valence-electron chi connectivity index (χ1n) is 11.0. The molecule has 1 fully saturated rings. The molecule has 170 valence electrons. The highest BCUT2D eigenvalue weighted by atomic mass is 35.5. The second-order valence-corrected chi connectivity index (χ2v) is 9.17. The third kappa shape index (κ3) is 3.85. The van der Waals surface area contributed by atoms with E-state index >= 15 is 0 Å². The van der Waals surface area contributed by atoms with Gasteiger partial charge >= 0.3 is 5.97 Å². The van der Waals surface area contributed by atoms with E-state index in [-0.39, 0.29) is 29.6 Å². The lowest BCUT2D eigenvalue weighted by Gasteiger charge is -2.22. The number of rotatable bonds is 5. The second-order valence-electron chi connectivity index (χ2n) is 8.76. The van der Waals surface area contributed by atoms with Crippen molar-refractivity contribution in [2.45, 2.75) is 38.0 Å². The van der Waals surface area contributed by atoms with Crippen molar-refractivity contribution in [3.63, 3.8) is 0 Å². The number of hydrogen-bond donors (Lipinski definition) is 2. The molecule has 0 saturated heterocycles. The summed E-state index contributed by atoms with van der Waals surface area (Å²) in [5, 5.41) is 23.8. The lowest BCUT2D eigenvalue weighted by Crippen LogP contribution is -2.24. The minimum atomic E-state index is -1.22. The smallest absolute Gasteiger partial charge is 0.335 e. The zero-order chi connectivity index (χ0) is 23.3. The van der Waals surface area contributed by atoms with Crippen molar-refractivity contribution in [1.29, 1.82) is 0 Å². The topological polar surface area (TPSA) is 92.4 Å². The molecular formula is C25H22ClFN2O4. The van der Waals surface area contributed by atoms with Crippen LogP contribution in [0.3, 0.4) is 0 Å². The molecule has 1 saturated carbocycles. The summed E-state index contributed by atoms with van der Waals surface area (Å²) >= 11 is 6.46. The van der Waals surface area contributed by atoms with Gasteiger partial charge in [-0.2, -0.15) is 9.78 Å². The van der Waals surface area contributed by atoms with Crippen LogP contribution in [0.1, 0.15) is 62.7 Å². The van der Waals surface area contributed by atoms with E-state index < -0.39 is 11.8 Å². The summed E-state index contributed by atoms with van der Waals surface area (Å²) in [4.78, 5) is 25.0. The number of fused-ring (bicyclic) bond motifs is 1. The van der Waals surface area contributed by atoms with Crippen LogP contribution in [0.25, 0.3) is 11.3 Å². The Morgan fingerprint density at radius 1 is 1.18 bits per heavy atom. The Hall–Kier alpha value is -3.03. The van der Waals surface area contributed by atoms with Gasteiger partial charge in [-0.05, 0) is 73.8 Å². The van der Waals surface area contributed by atoms with Gasteiger partial charge in [0.2, 0.25) is 0 Å². The molecule has 6 nitrogen and oxygen atoms in total. The van der Waals surface area contributed by atoms with E-state index in [0.29, 0.717) is 47.2 Å². The Morgan fingerprint density at radius 2 is 1.97 bits per heavy atom. The van der Waals surface area contributed by atoms with E-state index in [4.69, 9.17) is 16.7 Å². The number of carbonyl (C=O) groups excluding carboxylic acids is 1. The number of carbonyl (C=O) groups is 2. The number of hydrogen-bond acceptors (Lipinski definition) is 4. The highest BCUT2D eigenvalue weighted by molar-refractivity contribution is 6.34. The SMILES string of the molecule is O=C(O)c1ccc(-c2nn(C(=O)c3c(Cl)cccc3C3CC3)c3c2CCC(CO)C3)c(F)c1. The van der Waals surface area contributed by atoms with Crippen LogP contribution in [0.2, 0.25) is 5.02 Å². The number of aliphatic hydroxyl groups is 1. The quantitative estimate of drug-likeness (QED) is 0.566. The Labute approximate surface area is 194 Å². The van der Waals surface area contributed by atoms with Gasteiger partial charge in [-0.3, -0.25) is 4.79 Å². The number of carboxylic acids is 1. The summed E-state index contributed by atoms with van der Waals surface area (Å²) < 4.78 is 16.2. The van der Waals surface area contributed by atoms with Gasteiger partial charge in [0, 0.05) is 17.7 Å². The highest BCUT2D eigenvalue weighted by Crippen LogP contribution is 2.44. The van der Waals surface area contributed by atoms with E-state index in [2.05, 4.69) is 5.10 Å². The van der Waals surface area contributed by atoms with E-state index in [9.17, 15) is 19.1 Å². The number of aromatic carboxylic acids is 1. The number of benzene rings is 2. The maximum atomic E-state index is 14.9. The van der Waals surface area contributed by atoms with Crippen LogP contribution >= 0.6 is 11.6 Å². The molecule has 1 aromatic heterocycles. The van der Waals surface area contributed by atoms with Crippen molar-refractivity contribution in [2.24, 2.45) is 5.92 Å². The largest absolute Gasteiger partial charge is 0.478 e. The molecule has 0 radical (unpaired) electrons. The molecule has 33 heavy (non-hydrogen) atoms. The van der Waals surface area contributed by atoms with Crippen molar-refractivity contribution in [2.75, 3.05) is 6.61 Å². The molecule has 2 aliphatic carbocycles. The van der Waals surface area contributed by atoms with Crippen LogP contribution in [-0.2, 0) is 12.8 Å². The van der Waals surface area contributed by atoms with Crippen molar-refractivity contribution in [1.82, 2.24) is 9.78 Å². The number of aromatic nitrogens is 2. The predicted octanol–water partition coefficient (Wildman–Crippen LogP) is 4.70. The third-order valence-corrected chi connectivity index (χ3v) is 6.89. The summed E-state index contributed by atoms with van der Waals surface area (Å²) in [6, 6.07) is 9.10. The molecule has 3 aromatic rings. The summed E-state index contributed by atoms with van der Waals surface area (Å²) in [5.41, 5.74) is 3.00. The van der Waals surface area contributed by atoms with E-state index in [1.165, 1.54) is 16.8 Å². The molecule has 1 heterocycles. The van der Waals surface area contributed by atoms with Crippen LogP contribution in [0, 0.1) is 11.7 Å². The predicted molar refractivity (Wildman–Crippen MR) is 120 cm³/mol. The Kier molecular flexibility index (Phi) is 5.54. The zero-order valence-electron chi connectivity index (χ0n) is 17.7. The van der Waals surface area contributed by atoms with Crippen LogP contribution in [0.5, 0.6) is 0 Å². The monoisotopic (exact) mass is 468 g/mol. The van der Waals surface area contributed by atoms with Gasteiger partial charge in [0.25, 0.3) is 5.91 Å². The van der Waals surface area contributed by atoms with E-state index in [1.807, 2.05) is 12.1 Å². The second kappa shape index (κ2) is 8.39. The molecule has 1 unspecified atom stereocenters. The molecule has 5 rings (SSSR count). The molecule has 8 heteroatoms. The van der Waals surface area contributed by atoms with Crippen LogP contribution in [-0.4, -0.2) is 38.5 Å². The van der Waals surface area contributed by atoms with Crippen LogP contribution < -0.4 is 0 Å². The molecule has 2 aromatic carbocycles. The first-order chi connectivity index (χ1) is 15.9. The fourth-order valence-electron chi connectivity index (χ4n) is 4.67. The van der Waals surface area contributed by atoms with Gasteiger partial charge in [0.1, 0.15) is 5.82 Å². The summed E-state index contributed by atoms with van der Waals surface area (Å²) in [5.74, 6) is -2.04. The average Bonchev–Trinajstić information content (AvgIpc) is 3.59. The Bertz CT molecular complexity index is 1280. The number of nitrogens with zero attached hydrogens (tertiary/aromatic N) is 2. The van der Waals surface area contributed by atoms with Gasteiger partial charge < -0.3 is 10.2 Å². The Morgan fingerprint density at radius 3 is 2.64 bits per heavy atom. The van der Waals surface area contributed by atoms with Crippen molar-refractivity contribution in [3.05, 3.63) is 75.2 Å². The minimum absolute atomic E-state index is 0.0186. The summed E-state index contributed by atoms with van der Waals surface area (Å²) in [6.45, 7) is -0.0186. The average molecular weight is 469 g/mol. The normalized spacial score (nSPS) is 17.6. The third-order valence-electron chi connectivity index (χ3n) is 6.57. The van der Waals surface area contributed by atoms with E-state index in [0.717, 1.165) is 30.0 Å². The van der Waals surface area contributed by atoms with Crippen molar-refractivity contribution >= 4 is 23.5 Å². The Balaban J connectivity index is 1.66. The molecule has 1 atom stereocenters. The minimum Gasteiger partial charge on any atom is -0.478 e. The maximum Gasteiger partial charge on any atom is 0.335 e. The maximum absolute atomic E-state index is 14.9. The fourth-order valence-corrected chi connectivity index (χ4v) is 4.93. The first kappa shape index (κ1) is 21.8. The van der Waals surface area contributed by atoms with Gasteiger partial charge in [-0.1, -0.05) is 23.7 Å². The number of aliphatic hydroxyl groups excluding tert-OH is 1. The van der Waals surface area contributed by atoms with Gasteiger partial charge in [-0.15, -0.1) is 0 Å². The van der Waals surface area contributed by atoms with Crippen LogP contribution in [0.15, 0.2) is 36.4 Å². The lowest BCUT2D eigenvalue weighted by atomic mass is 9.86. The van der Waals surface area contributed by atoms with Crippen LogP contribution in [0.4, 0.5) is 4.39 Å². The van der Waals surface area contributed by atoms with Crippen molar-refractivity contribution < 1.29 is 24.2 Å². The van der Waals surface area contributed by atoms with Gasteiger partial charge in [-0.25, -0.2) is 9.18 Å². The number of carboxylic acid groups (broad SMARTS) is 1. The number of halogens is 2. The lowest BCUT2D eigenvalue weighted by molar-refractivity contribution is 0.0696. The molecule has 0 aliphatic heterocycles. The molecule has 2 N–H and O–H groups in total. The molecular weight excluding hydrogens is 447 g/mol. The molecule has 0 amide bonds. The van der Waals surface area contributed by atoms with Crippen molar-refractivity contribution in [3.8, 4) is 11.3 Å². The molecule has 0 bridgehead atoms. The fraction of sp³-hybridized carbons (Fsp3) is 0.320. The first-order valence-corrected chi connectivity index (χ1v) is 11.3. The molecule has 0 spiro atoms. The zero-order valence-corrected chi connectivity index (χ0v) is 18.5. The standard InChI is InChI=1S/C25H22ClFN2O4/c26-19-3-1-2-16(14-5-6-14)22(19)24(31)29-21-10-13(12-30)4-8-18(21)23(28-29)17-9-7-15(25(32)33)11-20(17)27/h1-3,7,9,11,13-14,30H,4-6,8,10,12H2,(H,32,33). The molecule has 2 aliphatic rings. The highest BCUT2D eigenvalue weighted by Gasteiger charge is 2.34. The summed E-state index contributed by atoms with van der Waals surface area (Å²) in [6.07, 6.45) is 3.64. The van der Waals surface area contributed by atoms with E-state index in [1.54, 1.807) is 6.07 Å². The van der Waals surface area contributed by atoms with Gasteiger partial charge in [0.05, 0.1) is 27.5 Å². The van der Waals surface area contributed by atoms with Gasteiger partial charge in [0.15, 0.2) is 0 Å². The summed E-state index contributed by atoms with van der Waals surface area (Å²) in [7, 11) is 0.